The number of rotatable bonds is 4. The highest BCUT2D eigenvalue weighted by atomic mass is 32.2. The van der Waals surface area contributed by atoms with Crippen molar-refractivity contribution >= 4 is 15.9 Å². The largest absolute Gasteiger partial charge is 0.409 e. The molecule has 0 bridgehead atoms. The van der Waals surface area contributed by atoms with E-state index >= 15 is 0 Å². The molecule has 0 radical (unpaired) electrons. The Morgan fingerprint density at radius 1 is 1.80 bits per heavy atom. The molecule has 1 aromatic heterocycles. The van der Waals surface area contributed by atoms with E-state index < -0.39 is 10.0 Å². The van der Waals surface area contributed by atoms with Gasteiger partial charge in [-0.15, -0.1) is 0 Å². The summed E-state index contributed by atoms with van der Waals surface area (Å²) in [7, 11) is -2.34. The second kappa shape index (κ2) is 4.28. The molecule has 0 aliphatic heterocycles. The van der Waals surface area contributed by atoms with Crippen LogP contribution >= 0.6 is 0 Å². The molecule has 0 aliphatic rings. The molecule has 0 aromatic carbocycles. The van der Waals surface area contributed by atoms with E-state index in [2.05, 4.69) is 15.4 Å². The first-order chi connectivity index (χ1) is 6.98. The maximum Gasteiger partial charge on any atom is 0.260 e. The number of H-pyrrole nitrogens is 1. The summed E-state index contributed by atoms with van der Waals surface area (Å²) < 4.78 is 24.4. The van der Waals surface area contributed by atoms with Crippen molar-refractivity contribution in [3.05, 3.63) is 12.3 Å². The minimum atomic E-state index is -3.66. The molecule has 0 aliphatic carbocycles. The molecule has 0 amide bonds. The predicted molar refractivity (Wildman–Crippen MR) is 51.8 cm³/mol. The number of nitrogens with zero attached hydrogens (tertiary/aromatic N) is 3. The first kappa shape index (κ1) is 11.5. The second-order valence-electron chi connectivity index (χ2n) is 2.77. The average Bonchev–Trinajstić information content (AvgIpc) is 2.70. The molecule has 1 rings (SSSR count). The maximum atomic E-state index is 11.7. The number of likely N-dealkylation sites (N-methyl/N-ethyl adjacent to an activating group) is 1. The third-order valence-corrected chi connectivity index (χ3v) is 3.41. The van der Waals surface area contributed by atoms with Gasteiger partial charge in [0.2, 0.25) is 0 Å². The minimum absolute atomic E-state index is 0.0456. The molecule has 1 heterocycles. The lowest BCUT2D eigenvalue weighted by atomic mass is 10.6. The fourth-order valence-corrected chi connectivity index (χ4v) is 1.94. The van der Waals surface area contributed by atoms with Crippen molar-refractivity contribution in [1.82, 2.24) is 14.5 Å². The molecular formula is C6H11N5O3S. The van der Waals surface area contributed by atoms with Gasteiger partial charge in [-0.05, 0) is 6.07 Å². The van der Waals surface area contributed by atoms with Crippen molar-refractivity contribution in [2.45, 2.75) is 5.03 Å². The Hall–Kier alpha value is -1.61. The molecule has 15 heavy (non-hydrogen) atoms. The molecule has 0 atom stereocenters. The van der Waals surface area contributed by atoms with E-state index in [-0.39, 0.29) is 17.4 Å². The van der Waals surface area contributed by atoms with Crippen LogP contribution in [0.15, 0.2) is 22.4 Å². The summed E-state index contributed by atoms with van der Waals surface area (Å²) >= 11 is 0. The van der Waals surface area contributed by atoms with E-state index in [9.17, 15) is 8.42 Å². The van der Waals surface area contributed by atoms with Crippen molar-refractivity contribution in [3.63, 3.8) is 0 Å². The van der Waals surface area contributed by atoms with E-state index in [1.807, 2.05) is 0 Å². The molecule has 0 unspecified atom stereocenters. The van der Waals surface area contributed by atoms with Crippen molar-refractivity contribution in [1.29, 1.82) is 0 Å². The zero-order valence-corrected chi connectivity index (χ0v) is 8.77. The predicted octanol–water partition coefficient (Wildman–Crippen LogP) is -1.22. The molecule has 0 spiro atoms. The highest BCUT2D eigenvalue weighted by Crippen LogP contribution is 2.09. The zero-order chi connectivity index (χ0) is 11.5. The van der Waals surface area contributed by atoms with Crippen molar-refractivity contribution in [2.24, 2.45) is 10.9 Å². The monoisotopic (exact) mass is 233 g/mol. The molecule has 8 nitrogen and oxygen atoms in total. The van der Waals surface area contributed by atoms with Gasteiger partial charge < -0.3 is 10.9 Å². The van der Waals surface area contributed by atoms with Crippen LogP contribution in [0.5, 0.6) is 0 Å². The van der Waals surface area contributed by atoms with Gasteiger partial charge in [0.15, 0.2) is 10.9 Å². The van der Waals surface area contributed by atoms with Gasteiger partial charge in [0, 0.05) is 7.05 Å². The van der Waals surface area contributed by atoms with Crippen LogP contribution in [-0.2, 0) is 10.0 Å². The van der Waals surface area contributed by atoms with Crippen LogP contribution in [0, 0.1) is 0 Å². The fraction of sp³-hybridized carbons (Fsp3) is 0.333. The van der Waals surface area contributed by atoms with E-state index in [0.717, 1.165) is 4.31 Å². The quantitative estimate of drug-likeness (QED) is 0.260. The number of amidine groups is 1. The van der Waals surface area contributed by atoms with Gasteiger partial charge in [-0.25, -0.2) is 8.42 Å². The lowest BCUT2D eigenvalue weighted by Gasteiger charge is -2.14. The number of aromatic nitrogens is 2. The molecule has 0 saturated heterocycles. The van der Waals surface area contributed by atoms with E-state index in [0.29, 0.717) is 0 Å². The Morgan fingerprint density at radius 2 is 2.47 bits per heavy atom. The number of aromatic amines is 1. The smallest absolute Gasteiger partial charge is 0.260 e. The second-order valence-corrected chi connectivity index (χ2v) is 4.79. The van der Waals surface area contributed by atoms with Crippen LogP contribution in [0.25, 0.3) is 0 Å². The van der Waals surface area contributed by atoms with Gasteiger partial charge in [-0.2, -0.15) is 9.40 Å². The molecule has 84 valence electrons. The van der Waals surface area contributed by atoms with E-state index in [1.54, 1.807) is 0 Å². The maximum absolute atomic E-state index is 11.7. The van der Waals surface area contributed by atoms with Gasteiger partial charge >= 0.3 is 0 Å². The summed E-state index contributed by atoms with van der Waals surface area (Å²) in [6.45, 7) is -0.197. The number of oxime groups is 1. The summed E-state index contributed by atoms with van der Waals surface area (Å²) in [5.74, 6) is -0.194. The topological polar surface area (TPSA) is 125 Å². The molecule has 0 fully saturated rings. The Labute approximate surface area is 86.4 Å². The molecule has 4 N–H and O–H groups in total. The van der Waals surface area contributed by atoms with Gasteiger partial charge in [0.25, 0.3) is 10.0 Å². The molecule has 9 heteroatoms. The van der Waals surface area contributed by atoms with Crippen molar-refractivity contribution < 1.29 is 13.6 Å². The first-order valence-electron chi connectivity index (χ1n) is 3.90. The summed E-state index contributed by atoms with van der Waals surface area (Å²) in [5, 5.41) is 16.8. The Bertz CT molecular complexity index is 437. The normalized spacial score (nSPS) is 13.3. The van der Waals surface area contributed by atoms with Crippen LogP contribution in [0.2, 0.25) is 0 Å². The molecule has 0 saturated carbocycles. The van der Waals surface area contributed by atoms with Crippen LogP contribution in [-0.4, -0.2) is 47.6 Å². The summed E-state index contributed by atoms with van der Waals surface area (Å²) in [5.41, 5.74) is 5.19. The minimum Gasteiger partial charge on any atom is -0.409 e. The van der Waals surface area contributed by atoms with Gasteiger partial charge in [0.1, 0.15) is 0 Å². The van der Waals surface area contributed by atoms with Crippen LogP contribution in [0.3, 0.4) is 0 Å². The van der Waals surface area contributed by atoms with Gasteiger partial charge in [-0.3, -0.25) is 5.10 Å². The Morgan fingerprint density at radius 3 is 2.93 bits per heavy atom. The van der Waals surface area contributed by atoms with E-state index in [1.165, 1.54) is 19.3 Å². The number of nitrogens with one attached hydrogen (secondary N) is 1. The lowest BCUT2D eigenvalue weighted by Crippen LogP contribution is -2.35. The lowest BCUT2D eigenvalue weighted by molar-refractivity contribution is 0.315. The van der Waals surface area contributed by atoms with Gasteiger partial charge in [-0.1, -0.05) is 5.16 Å². The summed E-state index contributed by atoms with van der Waals surface area (Å²) in [6.07, 6.45) is 1.32. The molecule has 1 aromatic rings. The fourth-order valence-electron chi connectivity index (χ4n) is 0.899. The van der Waals surface area contributed by atoms with E-state index in [4.69, 9.17) is 10.9 Å². The zero-order valence-electron chi connectivity index (χ0n) is 7.95. The molecular weight excluding hydrogens is 222 g/mol. The van der Waals surface area contributed by atoms with Crippen LogP contribution in [0.4, 0.5) is 0 Å². The highest BCUT2D eigenvalue weighted by molar-refractivity contribution is 7.89. The van der Waals surface area contributed by atoms with Crippen molar-refractivity contribution in [2.75, 3.05) is 13.6 Å². The number of sulfonamides is 1. The third kappa shape index (κ3) is 2.44. The third-order valence-electron chi connectivity index (χ3n) is 1.68. The van der Waals surface area contributed by atoms with Gasteiger partial charge in [0.05, 0.1) is 12.7 Å². The average molecular weight is 233 g/mol. The van der Waals surface area contributed by atoms with Crippen molar-refractivity contribution in [3.8, 4) is 0 Å². The number of nitrogens with two attached hydrogens (primary N) is 1. The standard InChI is InChI=1S/C6H11N5O3S/c1-11(4-5(7)10-12)15(13,14)6-2-3-8-9-6/h2-3,12H,4H2,1H3,(H2,7,10)(H,8,9). The highest BCUT2D eigenvalue weighted by Gasteiger charge is 2.22. The Balaban J connectivity index is 2.89. The number of hydrogen-bond acceptors (Lipinski definition) is 5. The number of hydrogen-bond donors (Lipinski definition) is 3. The first-order valence-corrected chi connectivity index (χ1v) is 5.34. The summed E-state index contributed by atoms with van der Waals surface area (Å²) in [6, 6.07) is 1.32. The SMILES string of the molecule is CN(CC(N)=NO)S(=O)(=O)c1ccn[nH]1. The van der Waals surface area contributed by atoms with Crippen LogP contribution < -0.4 is 5.73 Å². The van der Waals surface area contributed by atoms with Crippen LogP contribution in [0.1, 0.15) is 0 Å². The Kier molecular flexibility index (Phi) is 3.27. The summed E-state index contributed by atoms with van der Waals surface area (Å²) in [4.78, 5) is 0.